The number of piperidine rings is 1. The van der Waals surface area contributed by atoms with Gasteiger partial charge in [-0.25, -0.2) is 0 Å². The van der Waals surface area contributed by atoms with E-state index in [1.165, 1.54) is 12.8 Å². The van der Waals surface area contributed by atoms with Gasteiger partial charge in [-0.2, -0.15) is 0 Å². The number of hydrogen-bond donors (Lipinski definition) is 2. The number of carbonyl (C=O) groups excluding carboxylic acids is 1. The van der Waals surface area contributed by atoms with Gasteiger partial charge >= 0.3 is 0 Å². The van der Waals surface area contributed by atoms with E-state index in [1.807, 2.05) is 22.9 Å². The van der Waals surface area contributed by atoms with Gasteiger partial charge < -0.3 is 15.2 Å². The van der Waals surface area contributed by atoms with E-state index in [0.29, 0.717) is 12.0 Å². The lowest BCUT2D eigenvalue weighted by molar-refractivity contribution is 0.0911. The summed E-state index contributed by atoms with van der Waals surface area (Å²) in [4.78, 5) is 12.3. The van der Waals surface area contributed by atoms with E-state index >= 15 is 0 Å². The van der Waals surface area contributed by atoms with Gasteiger partial charge in [0.05, 0.1) is 0 Å². The molecule has 0 bridgehead atoms. The molecule has 1 saturated heterocycles. The first-order chi connectivity index (χ1) is 9.09. The summed E-state index contributed by atoms with van der Waals surface area (Å²) in [5.41, 5.74) is 0.755. The number of amides is 1. The van der Waals surface area contributed by atoms with Crippen LogP contribution in [0.4, 0.5) is 0 Å². The predicted octanol–water partition coefficient (Wildman–Crippen LogP) is 2.19. The molecule has 0 spiro atoms. The Morgan fingerprint density at radius 1 is 1.47 bits per heavy atom. The maximum Gasteiger partial charge on any atom is 0.268 e. The molecule has 2 atom stereocenters. The molecular formula is C15H25N3O. The van der Waals surface area contributed by atoms with E-state index in [2.05, 4.69) is 31.4 Å². The lowest BCUT2D eigenvalue weighted by Crippen LogP contribution is -2.45. The molecule has 0 radical (unpaired) electrons. The topological polar surface area (TPSA) is 46.1 Å². The summed E-state index contributed by atoms with van der Waals surface area (Å²) in [6, 6.07) is 4.35. The molecule has 2 rings (SSSR count). The zero-order chi connectivity index (χ0) is 13.8. The molecule has 1 aromatic rings. The Hall–Kier alpha value is -1.29. The summed E-state index contributed by atoms with van der Waals surface area (Å²) in [6.45, 7) is 8.40. The Bertz CT molecular complexity index is 419. The first-order valence-corrected chi connectivity index (χ1v) is 7.28. The van der Waals surface area contributed by atoms with Gasteiger partial charge in [0.2, 0.25) is 0 Å². The maximum atomic E-state index is 12.3. The van der Waals surface area contributed by atoms with Gasteiger partial charge in [-0.05, 0) is 64.8 Å². The molecule has 1 aliphatic rings. The molecule has 0 aliphatic carbocycles. The first-order valence-electron chi connectivity index (χ1n) is 7.28. The van der Waals surface area contributed by atoms with Gasteiger partial charge in [0.1, 0.15) is 5.69 Å². The number of carbonyl (C=O) groups is 1. The van der Waals surface area contributed by atoms with Crippen LogP contribution >= 0.6 is 0 Å². The highest BCUT2D eigenvalue weighted by Gasteiger charge is 2.22. The summed E-state index contributed by atoms with van der Waals surface area (Å²) in [5.74, 6) is 0.580. The van der Waals surface area contributed by atoms with Crippen LogP contribution in [0.25, 0.3) is 0 Å². The molecule has 4 heteroatoms. The third-order valence-electron chi connectivity index (χ3n) is 3.97. The van der Waals surface area contributed by atoms with Gasteiger partial charge in [0.15, 0.2) is 0 Å². The molecule has 106 valence electrons. The fourth-order valence-electron chi connectivity index (χ4n) is 2.74. The second-order valence-electron chi connectivity index (χ2n) is 5.76. The normalized spacial score (nSPS) is 21.4. The minimum absolute atomic E-state index is 0.0387. The summed E-state index contributed by atoms with van der Waals surface area (Å²) >= 11 is 0. The molecule has 2 heterocycles. The fourth-order valence-corrected chi connectivity index (χ4v) is 2.74. The van der Waals surface area contributed by atoms with Crippen molar-refractivity contribution < 1.29 is 4.79 Å². The van der Waals surface area contributed by atoms with Gasteiger partial charge in [-0.3, -0.25) is 4.79 Å². The minimum Gasteiger partial charge on any atom is -0.348 e. The summed E-state index contributed by atoms with van der Waals surface area (Å²) in [7, 11) is 0. The zero-order valence-corrected chi connectivity index (χ0v) is 12.1. The molecule has 1 fully saturated rings. The highest BCUT2D eigenvalue weighted by atomic mass is 16.2. The molecule has 19 heavy (non-hydrogen) atoms. The molecule has 1 aliphatic heterocycles. The monoisotopic (exact) mass is 263 g/mol. The third-order valence-corrected chi connectivity index (χ3v) is 3.97. The average Bonchev–Trinajstić information content (AvgIpc) is 2.89. The fraction of sp³-hybridized carbons (Fsp3) is 0.667. The van der Waals surface area contributed by atoms with Gasteiger partial charge in [-0.1, -0.05) is 0 Å². The zero-order valence-electron chi connectivity index (χ0n) is 12.1. The SMILES string of the molecule is CC(NC(=O)c1cccn1C(C)C)C1CCCNC1. The van der Waals surface area contributed by atoms with Crippen LogP contribution in [-0.2, 0) is 0 Å². The van der Waals surface area contributed by atoms with Crippen molar-refractivity contribution in [3.05, 3.63) is 24.0 Å². The van der Waals surface area contributed by atoms with Crippen molar-refractivity contribution in [3.8, 4) is 0 Å². The second-order valence-corrected chi connectivity index (χ2v) is 5.76. The van der Waals surface area contributed by atoms with Crippen molar-refractivity contribution in [1.29, 1.82) is 0 Å². The van der Waals surface area contributed by atoms with Crippen LogP contribution in [-0.4, -0.2) is 29.6 Å². The third kappa shape index (κ3) is 3.38. The van der Waals surface area contributed by atoms with Crippen molar-refractivity contribution in [2.45, 2.75) is 45.7 Å². The van der Waals surface area contributed by atoms with Crippen molar-refractivity contribution in [2.24, 2.45) is 5.92 Å². The standard InChI is InChI=1S/C15H25N3O/c1-11(2)18-9-5-7-14(18)15(19)17-12(3)13-6-4-8-16-10-13/h5,7,9,11-13,16H,4,6,8,10H2,1-3H3,(H,17,19). The summed E-state index contributed by atoms with van der Waals surface area (Å²) < 4.78 is 2.02. The Kier molecular flexibility index (Phi) is 4.64. The van der Waals surface area contributed by atoms with Crippen LogP contribution in [0.3, 0.4) is 0 Å². The smallest absolute Gasteiger partial charge is 0.268 e. The van der Waals surface area contributed by atoms with E-state index in [1.54, 1.807) is 0 Å². The van der Waals surface area contributed by atoms with E-state index in [0.717, 1.165) is 18.8 Å². The first kappa shape index (κ1) is 14.1. The Balaban J connectivity index is 1.98. The number of rotatable bonds is 4. The highest BCUT2D eigenvalue weighted by molar-refractivity contribution is 5.93. The number of aromatic nitrogens is 1. The number of hydrogen-bond acceptors (Lipinski definition) is 2. The Morgan fingerprint density at radius 3 is 2.89 bits per heavy atom. The maximum absolute atomic E-state index is 12.3. The predicted molar refractivity (Wildman–Crippen MR) is 77.3 cm³/mol. The summed E-state index contributed by atoms with van der Waals surface area (Å²) in [6.07, 6.45) is 4.36. The van der Waals surface area contributed by atoms with Gasteiger partial charge in [0.25, 0.3) is 5.91 Å². The van der Waals surface area contributed by atoms with Crippen LogP contribution in [0.5, 0.6) is 0 Å². The quantitative estimate of drug-likeness (QED) is 0.874. The van der Waals surface area contributed by atoms with Crippen molar-refractivity contribution >= 4 is 5.91 Å². The van der Waals surface area contributed by atoms with E-state index < -0.39 is 0 Å². The van der Waals surface area contributed by atoms with E-state index in [-0.39, 0.29) is 11.9 Å². The molecule has 2 unspecified atom stereocenters. The van der Waals surface area contributed by atoms with E-state index in [4.69, 9.17) is 0 Å². The molecule has 1 amide bonds. The van der Waals surface area contributed by atoms with Crippen LogP contribution < -0.4 is 10.6 Å². The summed E-state index contributed by atoms with van der Waals surface area (Å²) in [5, 5.41) is 6.54. The lowest BCUT2D eigenvalue weighted by atomic mass is 9.93. The average molecular weight is 263 g/mol. The molecule has 1 aromatic heterocycles. The highest BCUT2D eigenvalue weighted by Crippen LogP contribution is 2.16. The molecule has 4 nitrogen and oxygen atoms in total. The van der Waals surface area contributed by atoms with Crippen LogP contribution in [0.2, 0.25) is 0 Å². The van der Waals surface area contributed by atoms with Crippen molar-refractivity contribution in [3.63, 3.8) is 0 Å². The number of nitrogens with one attached hydrogen (secondary N) is 2. The number of nitrogens with zero attached hydrogens (tertiary/aromatic N) is 1. The Labute approximate surface area is 115 Å². The lowest BCUT2D eigenvalue weighted by Gasteiger charge is -2.29. The van der Waals surface area contributed by atoms with Crippen molar-refractivity contribution in [1.82, 2.24) is 15.2 Å². The molecule has 2 N–H and O–H groups in total. The van der Waals surface area contributed by atoms with Gasteiger partial charge in [-0.15, -0.1) is 0 Å². The van der Waals surface area contributed by atoms with Crippen molar-refractivity contribution in [2.75, 3.05) is 13.1 Å². The molecule has 0 aromatic carbocycles. The van der Waals surface area contributed by atoms with Crippen LogP contribution in [0, 0.1) is 5.92 Å². The van der Waals surface area contributed by atoms with Gasteiger partial charge in [0, 0.05) is 18.3 Å². The second kappa shape index (κ2) is 6.24. The molecule has 0 saturated carbocycles. The van der Waals surface area contributed by atoms with Crippen LogP contribution in [0.15, 0.2) is 18.3 Å². The largest absolute Gasteiger partial charge is 0.348 e. The minimum atomic E-state index is 0.0387. The van der Waals surface area contributed by atoms with E-state index in [9.17, 15) is 4.79 Å². The molecular weight excluding hydrogens is 238 g/mol. The van der Waals surface area contributed by atoms with Crippen LogP contribution in [0.1, 0.15) is 50.1 Å². The Morgan fingerprint density at radius 2 is 2.26 bits per heavy atom.